The van der Waals surface area contributed by atoms with Crippen LogP contribution in [0, 0.1) is 11.3 Å². The third kappa shape index (κ3) is 4.35. The molecule has 2 aromatic carbocycles. The predicted octanol–water partition coefficient (Wildman–Crippen LogP) is 4.21. The fourth-order valence-corrected chi connectivity index (χ4v) is 4.41. The third-order valence-corrected chi connectivity index (χ3v) is 6.59. The summed E-state index contributed by atoms with van der Waals surface area (Å²) in [5.41, 5.74) is 0.412. The lowest BCUT2D eigenvalue weighted by Gasteiger charge is -2.15. The molecule has 0 amide bonds. The molecule has 1 fully saturated rings. The van der Waals surface area contributed by atoms with E-state index >= 15 is 0 Å². The number of nitrogens with two attached hydrogens (primary N) is 1. The Kier molecular flexibility index (Phi) is 5.33. The Balaban J connectivity index is 1.76. The molecule has 0 aliphatic heterocycles. The van der Waals surface area contributed by atoms with Crippen LogP contribution in [-0.4, -0.2) is 22.1 Å². The molecule has 5 nitrogen and oxygen atoms in total. The van der Waals surface area contributed by atoms with E-state index in [1.54, 1.807) is 12.1 Å². The number of primary sulfonamides is 1. The predicted molar refractivity (Wildman–Crippen MR) is 104 cm³/mol. The maximum absolute atomic E-state index is 13.0. The van der Waals surface area contributed by atoms with E-state index in [0.29, 0.717) is 12.3 Å². The Hall–Kier alpha value is -2.26. The first-order chi connectivity index (χ1) is 13.4. The van der Waals surface area contributed by atoms with Gasteiger partial charge >= 0.3 is 6.18 Å². The second kappa shape index (κ2) is 7.21. The normalized spacial score (nSPS) is 20.9. The largest absolute Gasteiger partial charge is 0.495 e. The lowest BCUT2D eigenvalue weighted by Crippen LogP contribution is -2.12. The summed E-state index contributed by atoms with van der Waals surface area (Å²) in [5.74, 6) is 0.633. The maximum Gasteiger partial charge on any atom is 0.416 e. The van der Waals surface area contributed by atoms with Crippen LogP contribution in [0.3, 0.4) is 0 Å². The fourth-order valence-electron chi connectivity index (χ4n) is 3.89. The highest BCUT2D eigenvalue weighted by atomic mass is 32.2. The molecule has 3 rings (SSSR count). The molecule has 1 aliphatic carbocycles. The number of nitrogens with one attached hydrogen (secondary N) is 1. The van der Waals surface area contributed by atoms with Gasteiger partial charge in [-0.2, -0.15) is 13.2 Å². The zero-order chi connectivity index (χ0) is 21.6. The summed E-state index contributed by atoms with van der Waals surface area (Å²) in [7, 11) is -2.35. The van der Waals surface area contributed by atoms with Gasteiger partial charge in [0.1, 0.15) is 5.75 Å². The average Bonchev–Trinajstić information content (AvgIpc) is 3.18. The topological polar surface area (TPSA) is 81.4 Å². The van der Waals surface area contributed by atoms with E-state index in [1.807, 2.05) is 0 Å². The monoisotopic (exact) mass is 428 g/mol. The SMILES string of the molecule is COc1ccc(C(F)(F)F)cc1NC[C@@H]1[C@@H](c2ccc(S(N)(=O)=O)cc2)C1(C)C. The van der Waals surface area contributed by atoms with Gasteiger partial charge in [-0.05, 0) is 53.1 Å². The van der Waals surface area contributed by atoms with E-state index in [9.17, 15) is 21.6 Å². The standard InChI is InChI=1S/C20H23F3N2O3S/c1-19(2)15(18(19)12-4-7-14(8-5-12)29(24,26)27)11-25-16-10-13(20(21,22)23)6-9-17(16)28-3/h4-10,15,18,25H,11H2,1-3H3,(H2,24,26,27)/t15-,18-/m1/s1. The van der Waals surface area contributed by atoms with E-state index in [2.05, 4.69) is 19.2 Å². The van der Waals surface area contributed by atoms with Crippen molar-refractivity contribution in [3.63, 3.8) is 0 Å². The van der Waals surface area contributed by atoms with E-state index in [4.69, 9.17) is 9.88 Å². The molecule has 0 aromatic heterocycles. The minimum Gasteiger partial charge on any atom is -0.495 e. The summed E-state index contributed by atoms with van der Waals surface area (Å²) in [6, 6.07) is 9.74. The van der Waals surface area contributed by atoms with E-state index in [-0.39, 0.29) is 27.8 Å². The molecule has 158 valence electrons. The number of methoxy groups -OCH3 is 1. The maximum atomic E-state index is 13.0. The van der Waals surface area contributed by atoms with Gasteiger partial charge in [-0.15, -0.1) is 0 Å². The first-order valence-corrected chi connectivity index (χ1v) is 10.5. The molecule has 1 saturated carbocycles. The number of halogens is 3. The smallest absolute Gasteiger partial charge is 0.416 e. The number of alkyl halides is 3. The zero-order valence-electron chi connectivity index (χ0n) is 16.2. The van der Waals surface area contributed by atoms with Gasteiger partial charge in [0, 0.05) is 6.54 Å². The van der Waals surface area contributed by atoms with Gasteiger partial charge < -0.3 is 10.1 Å². The third-order valence-electron chi connectivity index (χ3n) is 5.66. The highest BCUT2D eigenvalue weighted by molar-refractivity contribution is 7.89. The number of anilines is 1. The van der Waals surface area contributed by atoms with E-state index in [1.165, 1.54) is 25.3 Å². The minimum atomic E-state index is -4.44. The molecule has 0 heterocycles. The van der Waals surface area contributed by atoms with Gasteiger partial charge in [0.25, 0.3) is 0 Å². The second-order valence-corrected chi connectivity index (χ2v) is 9.37. The number of ether oxygens (including phenoxy) is 1. The van der Waals surface area contributed by atoms with Crippen molar-refractivity contribution in [3.05, 3.63) is 53.6 Å². The minimum absolute atomic E-state index is 0.0445. The quantitative estimate of drug-likeness (QED) is 0.722. The van der Waals surface area contributed by atoms with Crippen molar-refractivity contribution >= 4 is 15.7 Å². The van der Waals surface area contributed by atoms with Crippen LogP contribution in [0.4, 0.5) is 18.9 Å². The molecule has 1 aliphatic rings. The number of rotatable bonds is 6. The summed E-state index contributed by atoms with van der Waals surface area (Å²) in [6.45, 7) is 4.59. The number of benzene rings is 2. The van der Waals surface area contributed by atoms with Crippen molar-refractivity contribution in [3.8, 4) is 5.75 Å². The second-order valence-electron chi connectivity index (χ2n) is 7.81. The van der Waals surface area contributed by atoms with Gasteiger partial charge in [-0.3, -0.25) is 0 Å². The van der Waals surface area contributed by atoms with Gasteiger partial charge in [-0.1, -0.05) is 26.0 Å². The highest BCUT2D eigenvalue weighted by Gasteiger charge is 2.57. The van der Waals surface area contributed by atoms with Crippen LogP contribution >= 0.6 is 0 Å². The fraction of sp³-hybridized carbons (Fsp3) is 0.400. The Bertz CT molecular complexity index is 1000. The first kappa shape index (κ1) is 21.4. The molecule has 2 aromatic rings. The summed E-state index contributed by atoms with van der Waals surface area (Å²) in [4.78, 5) is 0.0445. The lowest BCUT2D eigenvalue weighted by molar-refractivity contribution is -0.137. The summed E-state index contributed by atoms with van der Waals surface area (Å²) < 4.78 is 67.1. The van der Waals surface area contributed by atoms with Crippen LogP contribution in [0.15, 0.2) is 47.4 Å². The van der Waals surface area contributed by atoms with Crippen LogP contribution in [0.5, 0.6) is 5.75 Å². The number of sulfonamides is 1. The van der Waals surface area contributed by atoms with E-state index < -0.39 is 21.8 Å². The highest BCUT2D eigenvalue weighted by Crippen LogP contribution is 2.64. The van der Waals surface area contributed by atoms with Crippen molar-refractivity contribution in [1.29, 1.82) is 0 Å². The Morgan fingerprint density at radius 2 is 1.76 bits per heavy atom. The molecular formula is C20H23F3N2O3S. The Morgan fingerprint density at radius 3 is 2.28 bits per heavy atom. The Morgan fingerprint density at radius 1 is 1.14 bits per heavy atom. The van der Waals surface area contributed by atoms with E-state index in [0.717, 1.165) is 17.7 Å². The molecule has 0 bridgehead atoms. The molecule has 0 unspecified atom stereocenters. The van der Waals surface area contributed by atoms with Gasteiger partial charge in [0.2, 0.25) is 10.0 Å². The molecule has 9 heteroatoms. The summed E-state index contributed by atoms with van der Waals surface area (Å²) in [6.07, 6.45) is -4.44. The lowest BCUT2D eigenvalue weighted by atomic mass is 10.0. The molecule has 0 radical (unpaired) electrons. The van der Waals surface area contributed by atoms with Crippen molar-refractivity contribution in [2.75, 3.05) is 19.0 Å². The average molecular weight is 428 g/mol. The van der Waals surface area contributed by atoms with Crippen LogP contribution in [0.1, 0.15) is 30.9 Å². The number of hydrogen-bond donors (Lipinski definition) is 2. The van der Waals surface area contributed by atoms with Crippen LogP contribution < -0.4 is 15.2 Å². The van der Waals surface area contributed by atoms with Crippen LogP contribution in [0.25, 0.3) is 0 Å². The first-order valence-electron chi connectivity index (χ1n) is 8.97. The van der Waals surface area contributed by atoms with Crippen LogP contribution in [0.2, 0.25) is 0 Å². The van der Waals surface area contributed by atoms with Crippen molar-refractivity contribution in [2.24, 2.45) is 16.5 Å². The molecule has 0 saturated heterocycles. The number of hydrogen-bond acceptors (Lipinski definition) is 4. The van der Waals surface area contributed by atoms with Crippen LogP contribution in [-0.2, 0) is 16.2 Å². The van der Waals surface area contributed by atoms with Gasteiger partial charge in [0.05, 0.1) is 23.3 Å². The molecule has 2 atom stereocenters. The molecule has 0 spiro atoms. The van der Waals surface area contributed by atoms with Gasteiger partial charge in [0.15, 0.2) is 0 Å². The molecular weight excluding hydrogens is 405 g/mol. The van der Waals surface area contributed by atoms with Crippen molar-refractivity contribution in [1.82, 2.24) is 0 Å². The summed E-state index contributed by atoms with van der Waals surface area (Å²) >= 11 is 0. The molecule has 3 N–H and O–H groups in total. The van der Waals surface area contributed by atoms with Crippen molar-refractivity contribution in [2.45, 2.75) is 30.8 Å². The molecule has 29 heavy (non-hydrogen) atoms. The zero-order valence-corrected chi connectivity index (χ0v) is 17.1. The Labute approximate surface area is 168 Å². The van der Waals surface area contributed by atoms with Crippen molar-refractivity contribution < 1.29 is 26.3 Å². The summed E-state index contributed by atoms with van der Waals surface area (Å²) in [5, 5.41) is 8.22. The van der Waals surface area contributed by atoms with Gasteiger partial charge in [-0.25, -0.2) is 13.6 Å².